The maximum atomic E-state index is 12.7. The van der Waals surface area contributed by atoms with E-state index in [2.05, 4.69) is 23.2 Å². The van der Waals surface area contributed by atoms with Gasteiger partial charge in [-0.15, -0.1) is 0 Å². The highest BCUT2D eigenvalue weighted by Gasteiger charge is 2.70. The first kappa shape index (κ1) is 21.6. The number of hydrogen-bond acceptors (Lipinski definition) is 7. The molecule has 1 N–H and O–H groups in total. The summed E-state index contributed by atoms with van der Waals surface area (Å²) in [5.41, 5.74) is 2.26. The molecule has 4 heterocycles. The van der Waals surface area contributed by atoms with Crippen molar-refractivity contribution in [1.29, 1.82) is 0 Å². The van der Waals surface area contributed by atoms with Crippen LogP contribution < -0.4 is 10.1 Å². The van der Waals surface area contributed by atoms with Crippen molar-refractivity contribution in [3.05, 3.63) is 35.6 Å². The number of rotatable bonds is 5. The molecule has 3 saturated heterocycles. The van der Waals surface area contributed by atoms with E-state index in [1.807, 2.05) is 12.1 Å². The fourth-order valence-corrected chi connectivity index (χ4v) is 7.10. The third-order valence-corrected chi connectivity index (χ3v) is 8.44. The first-order chi connectivity index (χ1) is 15.5. The zero-order valence-electron chi connectivity index (χ0n) is 19.5. The van der Waals surface area contributed by atoms with Crippen LogP contribution in [0.25, 0.3) is 0 Å². The number of methoxy groups -OCH3 is 3. The highest BCUT2D eigenvalue weighted by atomic mass is 16.5. The molecule has 0 aliphatic carbocycles. The molecule has 0 unspecified atom stereocenters. The van der Waals surface area contributed by atoms with Gasteiger partial charge in [0.1, 0.15) is 11.4 Å². The molecule has 3 fully saturated rings. The Labute approximate surface area is 190 Å². The van der Waals surface area contributed by atoms with Gasteiger partial charge in [0, 0.05) is 24.8 Å². The summed E-state index contributed by atoms with van der Waals surface area (Å²) >= 11 is 0. The Kier molecular flexibility index (Phi) is 5.37. The summed E-state index contributed by atoms with van der Waals surface area (Å²) in [7, 11) is 4.77. The van der Waals surface area contributed by atoms with Crippen molar-refractivity contribution in [2.24, 2.45) is 11.8 Å². The number of carbonyl (C=O) groups is 1. The van der Waals surface area contributed by atoms with Gasteiger partial charge in [-0.2, -0.15) is 0 Å². The lowest BCUT2D eigenvalue weighted by atomic mass is 9.62. The smallest absolute Gasteiger partial charge is 0.337 e. The first-order valence-electron chi connectivity index (χ1n) is 11.7. The summed E-state index contributed by atoms with van der Waals surface area (Å²) < 4.78 is 22.9. The topological polar surface area (TPSA) is 69.3 Å². The van der Waals surface area contributed by atoms with Gasteiger partial charge in [0.2, 0.25) is 0 Å². The van der Waals surface area contributed by atoms with Crippen molar-refractivity contribution >= 4 is 11.7 Å². The van der Waals surface area contributed by atoms with Gasteiger partial charge in [0.25, 0.3) is 0 Å². The van der Waals surface area contributed by atoms with Gasteiger partial charge in [0.15, 0.2) is 0 Å². The number of piperidine rings is 2. The standard InChI is InChI=1S/C25H34N2O5/c1-5-16-14-27-11-9-25-22-19(7-6-8-20(22)30-3)26-24(25,10-12-32-25)21(27)13-17(16)18(15-29-2)23(28)31-4/h6-8,15-17,21,26H,5,9-14H2,1-4H3/b18-15-/t16-,17+,21+,24-,25+/m1/s1. The molecule has 1 aromatic rings. The molecule has 5 rings (SSSR count). The van der Waals surface area contributed by atoms with E-state index in [1.54, 1.807) is 20.5 Å². The molecule has 7 nitrogen and oxygen atoms in total. The van der Waals surface area contributed by atoms with Crippen molar-refractivity contribution in [3.63, 3.8) is 0 Å². The molecule has 0 saturated carbocycles. The van der Waals surface area contributed by atoms with Crippen LogP contribution in [0, 0.1) is 11.8 Å². The van der Waals surface area contributed by atoms with Crippen LogP contribution in [-0.2, 0) is 24.6 Å². The molecule has 174 valence electrons. The highest BCUT2D eigenvalue weighted by molar-refractivity contribution is 5.88. The number of ether oxygens (including phenoxy) is 4. The Morgan fingerprint density at radius 1 is 1.31 bits per heavy atom. The Balaban J connectivity index is 1.58. The lowest BCUT2D eigenvalue weighted by Crippen LogP contribution is -2.70. The molecule has 4 aliphatic heterocycles. The number of esters is 1. The minimum atomic E-state index is -0.407. The lowest BCUT2D eigenvalue weighted by molar-refractivity contribution is -0.138. The van der Waals surface area contributed by atoms with E-state index in [0.29, 0.717) is 18.1 Å². The molecule has 0 aromatic heterocycles. The van der Waals surface area contributed by atoms with Gasteiger partial charge in [0.05, 0.1) is 50.9 Å². The van der Waals surface area contributed by atoms with Gasteiger partial charge in [-0.1, -0.05) is 19.4 Å². The van der Waals surface area contributed by atoms with Crippen LogP contribution in [-0.4, -0.2) is 63.5 Å². The van der Waals surface area contributed by atoms with E-state index in [4.69, 9.17) is 18.9 Å². The van der Waals surface area contributed by atoms with Gasteiger partial charge >= 0.3 is 5.97 Å². The SMILES string of the molecule is CC[C@@H]1CN2CC[C@@]34OCC[C@@]3(Nc3cccc(OC)c34)[C@@H]2C[C@@H]1/C(=C/OC)C(=O)OC. The summed E-state index contributed by atoms with van der Waals surface area (Å²) in [6.45, 7) is 4.85. The molecule has 0 amide bonds. The second-order valence-electron chi connectivity index (χ2n) is 9.48. The van der Waals surface area contributed by atoms with Crippen molar-refractivity contribution in [1.82, 2.24) is 4.90 Å². The average molecular weight is 443 g/mol. The third kappa shape index (κ3) is 2.76. The number of carbonyl (C=O) groups excluding carboxylic acids is 1. The van der Waals surface area contributed by atoms with Gasteiger partial charge < -0.3 is 24.3 Å². The number of fused-ring (bicyclic) bond motifs is 2. The number of nitrogens with one attached hydrogen (secondary N) is 1. The molecule has 4 aliphatic rings. The van der Waals surface area contributed by atoms with E-state index in [0.717, 1.165) is 55.8 Å². The van der Waals surface area contributed by atoms with Crippen LogP contribution in [0.5, 0.6) is 5.75 Å². The van der Waals surface area contributed by atoms with Gasteiger partial charge in [-0.3, -0.25) is 4.90 Å². The Morgan fingerprint density at radius 2 is 2.16 bits per heavy atom. The molecule has 0 radical (unpaired) electrons. The highest BCUT2D eigenvalue weighted by Crippen LogP contribution is 2.63. The molecular weight excluding hydrogens is 408 g/mol. The van der Waals surface area contributed by atoms with Crippen LogP contribution in [0.1, 0.15) is 38.2 Å². The second-order valence-corrected chi connectivity index (χ2v) is 9.48. The number of nitrogens with zero attached hydrogens (tertiary/aromatic N) is 1. The maximum absolute atomic E-state index is 12.7. The largest absolute Gasteiger partial charge is 0.504 e. The first-order valence-corrected chi connectivity index (χ1v) is 11.7. The minimum absolute atomic E-state index is 0.0758. The third-order valence-electron chi connectivity index (χ3n) is 8.44. The van der Waals surface area contributed by atoms with E-state index >= 15 is 0 Å². The van der Waals surface area contributed by atoms with Gasteiger partial charge in [-0.05, 0) is 43.2 Å². The quantitative estimate of drug-likeness (QED) is 0.426. The monoisotopic (exact) mass is 442 g/mol. The van der Waals surface area contributed by atoms with E-state index in [9.17, 15) is 4.79 Å². The summed E-state index contributed by atoms with van der Waals surface area (Å²) in [4.78, 5) is 15.3. The fraction of sp³-hybridized carbons (Fsp3) is 0.640. The molecule has 0 bridgehead atoms. The predicted octanol–water partition coefficient (Wildman–Crippen LogP) is 3.30. The van der Waals surface area contributed by atoms with Crippen molar-refractivity contribution < 1.29 is 23.7 Å². The number of hydrogen-bond donors (Lipinski definition) is 1. The zero-order valence-corrected chi connectivity index (χ0v) is 19.5. The minimum Gasteiger partial charge on any atom is -0.504 e. The second kappa shape index (κ2) is 7.96. The Hall–Kier alpha value is -2.25. The molecule has 32 heavy (non-hydrogen) atoms. The van der Waals surface area contributed by atoms with E-state index < -0.39 is 5.60 Å². The number of anilines is 1. The number of benzene rings is 1. The van der Waals surface area contributed by atoms with E-state index in [1.165, 1.54) is 7.11 Å². The van der Waals surface area contributed by atoms with Crippen LogP contribution in [0.4, 0.5) is 5.69 Å². The molecule has 5 atom stereocenters. The van der Waals surface area contributed by atoms with Crippen molar-refractivity contribution in [2.75, 3.05) is 46.3 Å². The summed E-state index contributed by atoms with van der Waals surface area (Å²) in [5.74, 6) is 1.04. The Morgan fingerprint density at radius 3 is 2.88 bits per heavy atom. The van der Waals surface area contributed by atoms with Crippen LogP contribution in [0.2, 0.25) is 0 Å². The van der Waals surface area contributed by atoms with Crippen LogP contribution >= 0.6 is 0 Å². The summed E-state index contributed by atoms with van der Waals surface area (Å²) in [5, 5.41) is 3.93. The van der Waals surface area contributed by atoms with Crippen molar-refractivity contribution in [3.8, 4) is 5.75 Å². The molecule has 7 heteroatoms. The molecular formula is C25H34N2O5. The Bertz CT molecular complexity index is 933. The van der Waals surface area contributed by atoms with Crippen LogP contribution in [0.3, 0.4) is 0 Å². The molecule has 1 aromatic carbocycles. The average Bonchev–Trinajstić information content (AvgIpc) is 3.34. The lowest BCUT2D eigenvalue weighted by Gasteiger charge is -2.58. The summed E-state index contributed by atoms with van der Waals surface area (Å²) in [6, 6.07) is 6.44. The fourth-order valence-electron chi connectivity index (χ4n) is 7.10. The molecule has 0 spiro atoms. The van der Waals surface area contributed by atoms with Gasteiger partial charge in [-0.25, -0.2) is 4.79 Å². The van der Waals surface area contributed by atoms with E-state index in [-0.39, 0.29) is 23.5 Å². The zero-order chi connectivity index (χ0) is 22.5. The maximum Gasteiger partial charge on any atom is 0.337 e. The van der Waals surface area contributed by atoms with Crippen LogP contribution in [0.15, 0.2) is 30.0 Å². The normalized spacial score (nSPS) is 35.8. The summed E-state index contributed by atoms with van der Waals surface area (Å²) in [6.07, 6.45) is 5.31. The van der Waals surface area contributed by atoms with Crippen molar-refractivity contribution in [2.45, 2.75) is 49.8 Å². The predicted molar refractivity (Wildman–Crippen MR) is 121 cm³/mol.